The number of benzene rings is 1. The minimum absolute atomic E-state index is 0.109. The number of carbonyl (C=O) groups excluding carboxylic acids is 1. The molecule has 0 bridgehead atoms. The van der Waals surface area contributed by atoms with Crippen LogP contribution >= 0.6 is 15.9 Å². The molecular weight excluding hydrogens is 278 g/mol. The van der Waals surface area contributed by atoms with Crippen LogP contribution in [0.25, 0.3) is 0 Å². The molecule has 86 valence electrons. The van der Waals surface area contributed by atoms with E-state index in [-0.39, 0.29) is 11.4 Å². The predicted molar refractivity (Wildman–Crippen MR) is 63.1 cm³/mol. The highest BCUT2D eigenvalue weighted by Gasteiger charge is 2.17. The summed E-state index contributed by atoms with van der Waals surface area (Å²) in [7, 11) is 0. The van der Waals surface area contributed by atoms with Crippen LogP contribution < -0.4 is 11.1 Å². The quantitative estimate of drug-likeness (QED) is 0.650. The van der Waals surface area contributed by atoms with Gasteiger partial charge in [-0.15, -0.1) is 0 Å². The number of carbonyl (C=O) groups is 1. The van der Waals surface area contributed by atoms with Gasteiger partial charge in [0.05, 0.1) is 4.92 Å². The lowest BCUT2D eigenvalue weighted by molar-refractivity contribution is -0.384. The molecule has 1 aromatic carbocycles. The number of primary amides is 1. The third kappa shape index (κ3) is 2.93. The van der Waals surface area contributed by atoms with Crippen LogP contribution in [-0.4, -0.2) is 16.9 Å². The Bertz CT molecular complexity index is 436. The van der Waals surface area contributed by atoms with Crippen molar-refractivity contribution < 1.29 is 9.72 Å². The minimum atomic E-state index is -0.667. The number of anilines is 1. The highest BCUT2D eigenvalue weighted by atomic mass is 79.9. The molecule has 0 saturated carbocycles. The van der Waals surface area contributed by atoms with Crippen LogP contribution in [0.15, 0.2) is 22.7 Å². The predicted octanol–water partition coefficient (Wildman–Crippen LogP) is 1.64. The Morgan fingerprint density at radius 2 is 2.25 bits per heavy atom. The lowest BCUT2D eigenvalue weighted by atomic mass is 10.2. The van der Waals surface area contributed by atoms with Crippen molar-refractivity contribution in [3.8, 4) is 0 Å². The number of rotatable bonds is 4. The summed E-state index contributed by atoms with van der Waals surface area (Å²) in [5, 5.41) is 13.4. The molecule has 1 rings (SSSR count). The summed E-state index contributed by atoms with van der Waals surface area (Å²) in [5.41, 5.74) is 5.21. The second-order valence-electron chi connectivity index (χ2n) is 3.19. The molecule has 16 heavy (non-hydrogen) atoms. The first kappa shape index (κ1) is 12.4. The zero-order valence-corrected chi connectivity index (χ0v) is 10.0. The van der Waals surface area contributed by atoms with Crippen LogP contribution in [0.3, 0.4) is 0 Å². The molecule has 0 aliphatic carbocycles. The number of nitrogens with one attached hydrogen (secondary N) is 1. The highest BCUT2D eigenvalue weighted by molar-refractivity contribution is 9.10. The summed E-state index contributed by atoms with van der Waals surface area (Å²) < 4.78 is 0.594. The first-order chi connectivity index (χ1) is 7.41. The molecule has 0 aromatic heterocycles. The van der Waals surface area contributed by atoms with E-state index < -0.39 is 16.9 Å². The summed E-state index contributed by atoms with van der Waals surface area (Å²) in [6, 6.07) is 3.85. The summed E-state index contributed by atoms with van der Waals surface area (Å²) in [6.45, 7) is 1.54. The summed E-state index contributed by atoms with van der Waals surface area (Å²) in [6.07, 6.45) is 0. The van der Waals surface area contributed by atoms with Crippen LogP contribution in [-0.2, 0) is 4.79 Å². The molecule has 0 fully saturated rings. The standard InChI is InChI=1S/C9H10BrN3O3/c1-5(9(11)14)12-7-3-2-6(10)4-8(7)13(15)16/h2-5,12H,1H3,(H2,11,14). The Morgan fingerprint density at radius 3 is 2.75 bits per heavy atom. The Hall–Kier alpha value is -1.63. The molecule has 0 heterocycles. The van der Waals surface area contributed by atoms with E-state index in [4.69, 9.17) is 5.73 Å². The summed E-state index contributed by atoms with van der Waals surface area (Å²) >= 11 is 3.14. The number of hydrogen-bond acceptors (Lipinski definition) is 4. The first-order valence-electron chi connectivity index (χ1n) is 4.41. The zero-order chi connectivity index (χ0) is 12.3. The molecule has 1 unspecified atom stereocenters. The van der Waals surface area contributed by atoms with Gasteiger partial charge in [-0.3, -0.25) is 14.9 Å². The molecule has 7 heteroatoms. The normalized spacial score (nSPS) is 11.9. The summed E-state index contributed by atoms with van der Waals surface area (Å²) in [4.78, 5) is 21.1. The van der Waals surface area contributed by atoms with Crippen molar-refractivity contribution in [3.63, 3.8) is 0 Å². The van der Waals surface area contributed by atoms with E-state index in [1.54, 1.807) is 6.07 Å². The van der Waals surface area contributed by atoms with E-state index in [2.05, 4.69) is 21.2 Å². The van der Waals surface area contributed by atoms with Gasteiger partial charge in [0.1, 0.15) is 11.7 Å². The van der Waals surface area contributed by atoms with Crippen LogP contribution in [0.2, 0.25) is 0 Å². The number of nitro groups is 1. The molecule has 1 atom stereocenters. The maximum absolute atomic E-state index is 10.8. The molecule has 1 amide bonds. The van der Waals surface area contributed by atoms with E-state index in [1.165, 1.54) is 19.1 Å². The highest BCUT2D eigenvalue weighted by Crippen LogP contribution is 2.28. The van der Waals surface area contributed by atoms with E-state index in [0.717, 1.165) is 0 Å². The third-order valence-corrected chi connectivity index (χ3v) is 2.45. The van der Waals surface area contributed by atoms with Crippen molar-refractivity contribution in [1.29, 1.82) is 0 Å². The number of nitro benzene ring substituents is 1. The Balaban J connectivity index is 3.04. The lowest BCUT2D eigenvalue weighted by Crippen LogP contribution is -2.32. The molecule has 0 radical (unpaired) electrons. The number of hydrogen-bond donors (Lipinski definition) is 2. The number of halogens is 1. The number of nitrogens with two attached hydrogens (primary N) is 1. The molecule has 0 aliphatic rings. The van der Waals surface area contributed by atoms with Gasteiger partial charge in [0.2, 0.25) is 5.91 Å². The van der Waals surface area contributed by atoms with Gasteiger partial charge in [0, 0.05) is 10.5 Å². The van der Waals surface area contributed by atoms with E-state index in [9.17, 15) is 14.9 Å². The molecule has 6 nitrogen and oxygen atoms in total. The maximum atomic E-state index is 10.8. The zero-order valence-electron chi connectivity index (χ0n) is 8.44. The molecule has 0 aliphatic heterocycles. The molecule has 3 N–H and O–H groups in total. The van der Waals surface area contributed by atoms with Crippen molar-refractivity contribution in [2.75, 3.05) is 5.32 Å². The Labute approximate surface area is 100 Å². The SMILES string of the molecule is CC(Nc1ccc(Br)cc1[N+](=O)[O-])C(N)=O. The van der Waals surface area contributed by atoms with Gasteiger partial charge in [-0.25, -0.2) is 0 Å². The van der Waals surface area contributed by atoms with Gasteiger partial charge in [0.15, 0.2) is 0 Å². The summed E-state index contributed by atoms with van der Waals surface area (Å²) in [5.74, 6) is -0.572. The van der Waals surface area contributed by atoms with E-state index in [1.807, 2.05) is 0 Å². The first-order valence-corrected chi connectivity index (χ1v) is 5.21. The number of amides is 1. The topological polar surface area (TPSA) is 98.3 Å². The van der Waals surface area contributed by atoms with Gasteiger partial charge in [-0.2, -0.15) is 0 Å². The smallest absolute Gasteiger partial charge is 0.293 e. The fourth-order valence-corrected chi connectivity index (χ4v) is 1.43. The molecule has 0 saturated heterocycles. The fraction of sp³-hybridized carbons (Fsp3) is 0.222. The lowest BCUT2D eigenvalue weighted by Gasteiger charge is -2.11. The maximum Gasteiger partial charge on any atom is 0.293 e. The van der Waals surface area contributed by atoms with E-state index >= 15 is 0 Å². The monoisotopic (exact) mass is 287 g/mol. The largest absolute Gasteiger partial charge is 0.368 e. The second-order valence-corrected chi connectivity index (χ2v) is 4.10. The van der Waals surface area contributed by atoms with Crippen molar-refractivity contribution in [2.24, 2.45) is 5.73 Å². The van der Waals surface area contributed by atoms with Crippen LogP contribution in [0.5, 0.6) is 0 Å². The van der Waals surface area contributed by atoms with E-state index in [0.29, 0.717) is 4.47 Å². The third-order valence-electron chi connectivity index (χ3n) is 1.96. The number of nitrogens with zero attached hydrogens (tertiary/aromatic N) is 1. The van der Waals surface area contributed by atoms with Gasteiger partial charge < -0.3 is 11.1 Å². The van der Waals surface area contributed by atoms with Gasteiger partial charge in [-0.05, 0) is 19.1 Å². The van der Waals surface area contributed by atoms with Gasteiger partial charge in [-0.1, -0.05) is 15.9 Å². The Kier molecular flexibility index (Phi) is 3.83. The second kappa shape index (κ2) is 4.93. The van der Waals surface area contributed by atoms with Crippen LogP contribution in [0.1, 0.15) is 6.92 Å². The van der Waals surface area contributed by atoms with Gasteiger partial charge >= 0.3 is 0 Å². The Morgan fingerprint density at radius 1 is 1.62 bits per heavy atom. The van der Waals surface area contributed by atoms with Gasteiger partial charge in [0.25, 0.3) is 5.69 Å². The van der Waals surface area contributed by atoms with Crippen LogP contribution in [0.4, 0.5) is 11.4 Å². The van der Waals surface area contributed by atoms with Crippen molar-refractivity contribution in [3.05, 3.63) is 32.8 Å². The fourth-order valence-electron chi connectivity index (χ4n) is 1.08. The molecule has 1 aromatic rings. The average molecular weight is 288 g/mol. The van der Waals surface area contributed by atoms with Crippen molar-refractivity contribution >= 4 is 33.2 Å². The molecular formula is C9H10BrN3O3. The average Bonchev–Trinajstić information content (AvgIpc) is 2.20. The van der Waals surface area contributed by atoms with Crippen molar-refractivity contribution in [1.82, 2.24) is 0 Å². The van der Waals surface area contributed by atoms with Crippen LogP contribution in [0, 0.1) is 10.1 Å². The molecule has 0 spiro atoms. The minimum Gasteiger partial charge on any atom is -0.368 e. The van der Waals surface area contributed by atoms with Crippen molar-refractivity contribution in [2.45, 2.75) is 13.0 Å².